The van der Waals surface area contributed by atoms with Gasteiger partial charge in [-0.3, -0.25) is 0 Å². The lowest BCUT2D eigenvalue weighted by Crippen LogP contribution is -2.21. The van der Waals surface area contributed by atoms with E-state index in [2.05, 4.69) is 30.9 Å². The van der Waals surface area contributed by atoms with Crippen molar-refractivity contribution in [3.63, 3.8) is 0 Å². The number of rotatable bonds is 4. The Balaban J connectivity index is 2.81. The van der Waals surface area contributed by atoms with E-state index in [9.17, 15) is 0 Å². The van der Waals surface area contributed by atoms with Gasteiger partial charge < -0.3 is 4.90 Å². The van der Waals surface area contributed by atoms with Crippen molar-refractivity contribution < 1.29 is 0 Å². The van der Waals surface area contributed by atoms with Crippen molar-refractivity contribution in [1.82, 2.24) is 0 Å². The highest BCUT2D eigenvalue weighted by atomic mass is 35.9. The van der Waals surface area contributed by atoms with E-state index in [0.717, 1.165) is 18.4 Å². The highest BCUT2D eigenvalue weighted by Gasteiger charge is 2.05. The van der Waals surface area contributed by atoms with Gasteiger partial charge in [0.15, 0.2) is 0 Å². The molecule has 4 heteroatoms. The first-order chi connectivity index (χ1) is 6.69. The molecule has 0 bridgehead atoms. The summed E-state index contributed by atoms with van der Waals surface area (Å²) in [6.45, 7) is 5.32. The Bertz CT molecular complexity index is 270. The number of halogens is 2. The molecule has 14 heavy (non-hydrogen) atoms. The highest BCUT2D eigenvalue weighted by molar-refractivity contribution is 8.08. The molecule has 0 amide bonds. The second kappa shape index (κ2) is 5.80. The van der Waals surface area contributed by atoms with Crippen LogP contribution < -0.4 is 10.2 Å². The van der Waals surface area contributed by atoms with Crippen molar-refractivity contribution >= 4 is 40.1 Å². The predicted molar refractivity (Wildman–Crippen MR) is 68.3 cm³/mol. The fraction of sp³-hybridized carbons (Fsp3) is 0.400. The van der Waals surface area contributed by atoms with Crippen LogP contribution in [0.25, 0.3) is 0 Å². The van der Waals surface area contributed by atoms with Gasteiger partial charge in [-0.25, -0.2) is 0 Å². The van der Waals surface area contributed by atoms with E-state index in [1.54, 1.807) is 0 Å². The molecule has 0 atom stereocenters. The highest BCUT2D eigenvalue weighted by Crippen LogP contribution is 2.45. The third-order valence-electron chi connectivity index (χ3n) is 2.17. The standard InChI is InChI=1S/C10H14Cl2NP/c1-3-13(4-2)9-5-7-10(8-6-9)14(11)12/h5-8H,3-4H2,1-2H3. The third-order valence-corrected chi connectivity index (χ3v) is 4.03. The molecule has 0 heterocycles. The Morgan fingerprint density at radius 1 is 1.07 bits per heavy atom. The Kier molecular flexibility index (Phi) is 5.01. The quantitative estimate of drug-likeness (QED) is 0.731. The van der Waals surface area contributed by atoms with Crippen LogP contribution in [0.4, 0.5) is 5.69 Å². The van der Waals surface area contributed by atoms with Gasteiger partial charge >= 0.3 is 0 Å². The van der Waals surface area contributed by atoms with Gasteiger partial charge in [-0.1, -0.05) is 34.6 Å². The molecule has 0 aliphatic rings. The van der Waals surface area contributed by atoms with E-state index in [-0.39, 0.29) is 0 Å². The van der Waals surface area contributed by atoms with Gasteiger partial charge in [0.05, 0.1) is 0 Å². The van der Waals surface area contributed by atoms with Crippen molar-refractivity contribution in [2.45, 2.75) is 13.8 Å². The Morgan fingerprint density at radius 3 is 1.93 bits per heavy atom. The molecule has 1 aromatic rings. The molecule has 78 valence electrons. The molecule has 1 aromatic carbocycles. The second-order valence-electron chi connectivity index (χ2n) is 2.92. The summed E-state index contributed by atoms with van der Waals surface area (Å²) in [6, 6.07) is 8.14. The van der Waals surface area contributed by atoms with Crippen LogP contribution in [-0.4, -0.2) is 13.1 Å². The molecule has 1 nitrogen and oxygen atoms in total. The Labute approximate surface area is 96.3 Å². The summed E-state index contributed by atoms with van der Waals surface area (Å²) in [4.78, 5) is 2.29. The molecule has 0 radical (unpaired) electrons. The van der Waals surface area contributed by atoms with Gasteiger partial charge in [-0.15, -0.1) is 0 Å². The van der Waals surface area contributed by atoms with E-state index in [0.29, 0.717) is 0 Å². The minimum atomic E-state index is -1.01. The average molecular weight is 250 g/mol. The molecule has 0 unspecified atom stereocenters. The number of hydrogen-bond acceptors (Lipinski definition) is 1. The van der Waals surface area contributed by atoms with Crippen LogP contribution in [0.5, 0.6) is 0 Å². The number of nitrogens with zero attached hydrogens (tertiary/aromatic N) is 1. The molecule has 0 aliphatic carbocycles. The maximum atomic E-state index is 5.82. The summed E-state index contributed by atoms with van der Waals surface area (Å²) in [6.07, 6.45) is 0. The van der Waals surface area contributed by atoms with Gasteiger partial charge in [-0.05, 0) is 26.0 Å². The average Bonchev–Trinajstić information content (AvgIpc) is 2.20. The molecule has 0 saturated heterocycles. The summed E-state index contributed by atoms with van der Waals surface area (Å²) >= 11 is 11.6. The summed E-state index contributed by atoms with van der Waals surface area (Å²) in [5.41, 5.74) is 1.23. The van der Waals surface area contributed by atoms with Crippen LogP contribution in [0, 0.1) is 0 Å². The zero-order valence-electron chi connectivity index (χ0n) is 8.37. The molecule has 0 saturated carbocycles. The van der Waals surface area contributed by atoms with Crippen molar-refractivity contribution in [3.05, 3.63) is 24.3 Å². The summed E-state index contributed by atoms with van der Waals surface area (Å²) in [5.74, 6) is 0. The lowest BCUT2D eigenvalue weighted by Gasteiger charge is -2.21. The largest absolute Gasteiger partial charge is 0.372 e. The zero-order chi connectivity index (χ0) is 10.6. The molecule has 0 N–H and O–H groups in total. The zero-order valence-corrected chi connectivity index (χ0v) is 10.8. The fourth-order valence-corrected chi connectivity index (χ4v) is 2.42. The molecular weight excluding hydrogens is 236 g/mol. The molecule has 0 aliphatic heterocycles. The van der Waals surface area contributed by atoms with Gasteiger partial charge in [0.2, 0.25) is 0 Å². The first-order valence-electron chi connectivity index (χ1n) is 4.65. The maximum Gasteiger partial charge on any atom is 0.116 e. The van der Waals surface area contributed by atoms with Crippen LogP contribution in [0.3, 0.4) is 0 Å². The maximum absolute atomic E-state index is 5.82. The molecule has 0 aromatic heterocycles. The van der Waals surface area contributed by atoms with E-state index >= 15 is 0 Å². The Hall–Kier alpha value is 0.0300. The normalized spacial score (nSPS) is 10.6. The predicted octanol–water partition coefficient (Wildman–Crippen LogP) is 3.95. The van der Waals surface area contributed by atoms with Crippen LogP contribution in [0.2, 0.25) is 0 Å². The first kappa shape index (κ1) is 12.1. The number of anilines is 1. The van der Waals surface area contributed by atoms with Gasteiger partial charge in [0, 0.05) is 24.1 Å². The summed E-state index contributed by atoms with van der Waals surface area (Å²) < 4.78 is 0. The van der Waals surface area contributed by atoms with Gasteiger partial charge in [0.1, 0.15) is 6.63 Å². The van der Waals surface area contributed by atoms with Crippen molar-refractivity contribution in [2.75, 3.05) is 18.0 Å². The summed E-state index contributed by atoms with van der Waals surface area (Å²) in [5, 5.41) is 1.01. The Morgan fingerprint density at radius 2 is 1.57 bits per heavy atom. The molecule has 0 fully saturated rings. The number of benzene rings is 1. The molecule has 1 rings (SSSR count). The number of hydrogen-bond donors (Lipinski definition) is 0. The molecular formula is C10H14Cl2NP. The summed E-state index contributed by atoms with van der Waals surface area (Å²) in [7, 11) is 0. The van der Waals surface area contributed by atoms with Crippen LogP contribution in [0.1, 0.15) is 13.8 Å². The van der Waals surface area contributed by atoms with Crippen LogP contribution in [0.15, 0.2) is 24.3 Å². The SMILES string of the molecule is CCN(CC)c1ccc(P(Cl)Cl)cc1. The lowest BCUT2D eigenvalue weighted by atomic mass is 10.3. The smallest absolute Gasteiger partial charge is 0.116 e. The minimum absolute atomic E-state index is 1.01. The first-order valence-corrected chi connectivity index (χ1v) is 7.81. The molecule has 0 spiro atoms. The van der Waals surface area contributed by atoms with Crippen molar-refractivity contribution in [3.8, 4) is 0 Å². The third kappa shape index (κ3) is 3.02. The fourth-order valence-electron chi connectivity index (χ4n) is 1.36. The van der Waals surface area contributed by atoms with E-state index in [1.165, 1.54) is 5.69 Å². The van der Waals surface area contributed by atoms with Crippen molar-refractivity contribution in [1.29, 1.82) is 0 Å². The van der Waals surface area contributed by atoms with Gasteiger partial charge in [0.25, 0.3) is 0 Å². The van der Waals surface area contributed by atoms with E-state index in [1.807, 2.05) is 12.1 Å². The van der Waals surface area contributed by atoms with Crippen LogP contribution in [-0.2, 0) is 0 Å². The topological polar surface area (TPSA) is 3.24 Å². The van der Waals surface area contributed by atoms with Crippen LogP contribution >= 0.6 is 29.1 Å². The van der Waals surface area contributed by atoms with E-state index in [4.69, 9.17) is 22.5 Å². The minimum Gasteiger partial charge on any atom is -0.372 e. The van der Waals surface area contributed by atoms with Gasteiger partial charge in [-0.2, -0.15) is 0 Å². The lowest BCUT2D eigenvalue weighted by molar-refractivity contribution is 0.866. The second-order valence-corrected chi connectivity index (χ2v) is 6.45. The monoisotopic (exact) mass is 249 g/mol. The van der Waals surface area contributed by atoms with E-state index < -0.39 is 6.63 Å². The van der Waals surface area contributed by atoms with Crippen molar-refractivity contribution in [2.24, 2.45) is 0 Å².